The fourth-order valence-corrected chi connectivity index (χ4v) is 4.21. The maximum absolute atomic E-state index is 12.7. The lowest BCUT2D eigenvalue weighted by Crippen LogP contribution is -2.28. The zero-order chi connectivity index (χ0) is 21.5. The quantitative estimate of drug-likeness (QED) is 0.375. The smallest absolute Gasteiger partial charge is 0.247 e. The van der Waals surface area contributed by atoms with Crippen molar-refractivity contribution in [2.45, 2.75) is 38.6 Å². The van der Waals surface area contributed by atoms with E-state index >= 15 is 0 Å². The topological polar surface area (TPSA) is 68.0 Å². The number of nitrogens with one attached hydrogen (secondary N) is 1. The second kappa shape index (κ2) is 10.2. The summed E-state index contributed by atoms with van der Waals surface area (Å²) in [6.07, 6.45) is 2.62. The van der Waals surface area contributed by atoms with Gasteiger partial charge in [-0.15, -0.1) is 21.5 Å². The van der Waals surface area contributed by atoms with Crippen molar-refractivity contribution in [3.63, 3.8) is 0 Å². The van der Waals surface area contributed by atoms with Crippen molar-refractivity contribution in [1.82, 2.24) is 15.5 Å². The number of hydrogen-bond acceptors (Lipinski definition) is 5. The monoisotopic (exact) mass is 431 g/mol. The molecule has 0 aliphatic heterocycles. The van der Waals surface area contributed by atoms with Crippen molar-refractivity contribution in [2.24, 2.45) is 0 Å². The van der Waals surface area contributed by atoms with Gasteiger partial charge in [0.15, 0.2) is 0 Å². The Morgan fingerprint density at radius 2 is 1.84 bits per heavy atom. The number of benzene rings is 2. The predicted octanol–water partition coefficient (Wildman–Crippen LogP) is 5.59. The Bertz CT molecular complexity index is 1090. The third-order valence-electron chi connectivity index (χ3n) is 5.14. The van der Waals surface area contributed by atoms with Gasteiger partial charge in [-0.1, -0.05) is 55.5 Å². The summed E-state index contributed by atoms with van der Waals surface area (Å²) in [5.74, 6) is 1.07. The normalized spacial score (nSPS) is 11.9. The minimum atomic E-state index is -0.133. The van der Waals surface area contributed by atoms with Crippen LogP contribution in [0, 0.1) is 0 Å². The van der Waals surface area contributed by atoms with E-state index in [1.165, 1.54) is 5.56 Å². The van der Waals surface area contributed by atoms with Gasteiger partial charge in [0.2, 0.25) is 17.7 Å². The first-order valence-corrected chi connectivity index (χ1v) is 11.4. The number of rotatable bonds is 9. The number of nitrogens with zero attached hydrogens (tertiary/aromatic N) is 2. The zero-order valence-corrected chi connectivity index (χ0v) is 18.3. The van der Waals surface area contributed by atoms with Gasteiger partial charge < -0.3 is 9.73 Å². The molecule has 2 heterocycles. The van der Waals surface area contributed by atoms with Crippen LogP contribution in [0.25, 0.3) is 11.5 Å². The lowest BCUT2D eigenvalue weighted by atomic mass is 10.0. The van der Waals surface area contributed by atoms with Crippen molar-refractivity contribution < 1.29 is 9.21 Å². The van der Waals surface area contributed by atoms with E-state index in [0.717, 1.165) is 22.4 Å². The summed E-state index contributed by atoms with van der Waals surface area (Å²) < 4.78 is 5.73. The van der Waals surface area contributed by atoms with Crippen molar-refractivity contribution in [2.75, 3.05) is 0 Å². The predicted molar refractivity (Wildman–Crippen MR) is 123 cm³/mol. The highest BCUT2D eigenvalue weighted by molar-refractivity contribution is 7.10. The second-order valence-electron chi connectivity index (χ2n) is 7.33. The fraction of sp³-hybridized carbons (Fsp3) is 0.240. The maximum Gasteiger partial charge on any atom is 0.247 e. The molecule has 1 atom stereocenters. The molecule has 5 nitrogen and oxygen atoms in total. The summed E-state index contributed by atoms with van der Waals surface area (Å²) in [6, 6.07) is 22.1. The minimum Gasteiger partial charge on any atom is -0.421 e. The van der Waals surface area contributed by atoms with Gasteiger partial charge in [0.05, 0.1) is 6.04 Å². The molecule has 4 aromatic rings. The molecule has 0 saturated carbocycles. The Labute approximate surface area is 186 Å². The van der Waals surface area contributed by atoms with Crippen LogP contribution in [0.2, 0.25) is 0 Å². The second-order valence-corrected chi connectivity index (χ2v) is 8.31. The molecule has 0 aliphatic rings. The number of thiophene rings is 1. The summed E-state index contributed by atoms with van der Waals surface area (Å²) in [5.41, 5.74) is 3.28. The Hall–Kier alpha value is -3.25. The zero-order valence-electron chi connectivity index (χ0n) is 17.5. The molecule has 158 valence electrons. The Balaban J connectivity index is 1.34. The van der Waals surface area contributed by atoms with Crippen LogP contribution in [0.5, 0.6) is 0 Å². The molecule has 2 aromatic heterocycles. The van der Waals surface area contributed by atoms with E-state index in [1.807, 2.05) is 41.8 Å². The lowest BCUT2D eigenvalue weighted by Gasteiger charge is -2.18. The van der Waals surface area contributed by atoms with Crippen molar-refractivity contribution in [1.29, 1.82) is 0 Å². The van der Waals surface area contributed by atoms with Crippen molar-refractivity contribution >= 4 is 17.2 Å². The molecule has 0 radical (unpaired) electrons. The fourth-order valence-electron chi connectivity index (χ4n) is 3.41. The van der Waals surface area contributed by atoms with E-state index in [2.05, 4.69) is 52.8 Å². The number of aromatic nitrogens is 2. The van der Waals surface area contributed by atoms with Crippen LogP contribution in [0.3, 0.4) is 0 Å². The summed E-state index contributed by atoms with van der Waals surface area (Å²) >= 11 is 1.65. The van der Waals surface area contributed by atoms with Gasteiger partial charge in [0, 0.05) is 23.3 Å². The number of carbonyl (C=O) groups excluding carboxylic acids is 1. The number of aryl methyl sites for hydroxylation is 2. The van der Waals surface area contributed by atoms with Gasteiger partial charge in [-0.2, -0.15) is 0 Å². The van der Waals surface area contributed by atoms with Gasteiger partial charge in [0.1, 0.15) is 0 Å². The van der Waals surface area contributed by atoms with E-state index in [4.69, 9.17) is 4.42 Å². The number of amides is 1. The standard InChI is InChI=1S/C25H25N3O2S/c1-2-18-13-15-19(16-14-18)24(21-10-7-17-31-21)26-22(29)11-6-12-23-27-28-25(30-23)20-8-4-3-5-9-20/h3-5,7-10,13-17,24H,2,6,11-12H2,1H3,(H,26,29). The molecule has 6 heteroatoms. The van der Waals surface area contributed by atoms with Crippen LogP contribution in [0.15, 0.2) is 76.5 Å². The van der Waals surface area contributed by atoms with E-state index in [9.17, 15) is 4.79 Å². The van der Waals surface area contributed by atoms with E-state index < -0.39 is 0 Å². The SMILES string of the molecule is CCc1ccc(C(NC(=O)CCCc2nnc(-c3ccccc3)o2)c2cccs2)cc1. The highest BCUT2D eigenvalue weighted by Gasteiger charge is 2.18. The van der Waals surface area contributed by atoms with Gasteiger partial charge in [-0.05, 0) is 47.5 Å². The van der Waals surface area contributed by atoms with Crippen molar-refractivity contribution in [3.8, 4) is 11.5 Å². The molecule has 1 unspecified atom stereocenters. The van der Waals surface area contributed by atoms with Crippen LogP contribution in [0.4, 0.5) is 0 Å². The summed E-state index contributed by atoms with van der Waals surface area (Å²) in [4.78, 5) is 13.8. The first kappa shape index (κ1) is 21.0. The van der Waals surface area contributed by atoms with Crippen LogP contribution < -0.4 is 5.32 Å². The average Bonchev–Trinajstić information content (AvgIpc) is 3.51. The molecule has 0 saturated heterocycles. The van der Waals surface area contributed by atoms with E-state index in [0.29, 0.717) is 31.0 Å². The molecule has 1 amide bonds. The number of carbonyl (C=O) groups is 1. The first-order chi connectivity index (χ1) is 15.2. The van der Waals surface area contributed by atoms with Crippen LogP contribution >= 0.6 is 11.3 Å². The maximum atomic E-state index is 12.7. The molecule has 1 N–H and O–H groups in total. The average molecular weight is 432 g/mol. The molecule has 31 heavy (non-hydrogen) atoms. The van der Waals surface area contributed by atoms with E-state index in [1.54, 1.807) is 11.3 Å². The van der Waals surface area contributed by atoms with Gasteiger partial charge in [-0.25, -0.2) is 0 Å². The van der Waals surface area contributed by atoms with E-state index in [-0.39, 0.29) is 11.9 Å². The molecule has 2 aromatic carbocycles. The molecule has 0 aliphatic carbocycles. The minimum absolute atomic E-state index is 0.0146. The summed E-state index contributed by atoms with van der Waals surface area (Å²) in [5, 5.41) is 13.4. The number of hydrogen-bond donors (Lipinski definition) is 1. The molecule has 4 rings (SSSR count). The summed E-state index contributed by atoms with van der Waals surface area (Å²) in [6.45, 7) is 2.14. The highest BCUT2D eigenvalue weighted by Crippen LogP contribution is 2.27. The largest absolute Gasteiger partial charge is 0.421 e. The van der Waals surface area contributed by atoms with Crippen LogP contribution in [0.1, 0.15) is 47.7 Å². The molecule has 0 spiro atoms. The third kappa shape index (κ3) is 5.47. The molecular weight excluding hydrogens is 406 g/mol. The van der Waals surface area contributed by atoms with Gasteiger partial charge in [-0.3, -0.25) is 4.79 Å². The highest BCUT2D eigenvalue weighted by atomic mass is 32.1. The first-order valence-electron chi connectivity index (χ1n) is 10.5. The molecule has 0 fully saturated rings. The van der Waals surface area contributed by atoms with Crippen molar-refractivity contribution in [3.05, 3.63) is 94.0 Å². The van der Waals surface area contributed by atoms with Gasteiger partial charge >= 0.3 is 0 Å². The third-order valence-corrected chi connectivity index (χ3v) is 6.07. The molecule has 0 bridgehead atoms. The van der Waals surface area contributed by atoms with Crippen LogP contribution in [-0.4, -0.2) is 16.1 Å². The lowest BCUT2D eigenvalue weighted by molar-refractivity contribution is -0.121. The Morgan fingerprint density at radius 1 is 1.03 bits per heavy atom. The molecular formula is C25H25N3O2S. The Kier molecular flexibility index (Phi) is 6.89. The van der Waals surface area contributed by atoms with Gasteiger partial charge in [0.25, 0.3) is 0 Å². The Morgan fingerprint density at radius 3 is 2.55 bits per heavy atom. The van der Waals surface area contributed by atoms with Crippen LogP contribution in [-0.2, 0) is 17.6 Å². The summed E-state index contributed by atoms with van der Waals surface area (Å²) in [7, 11) is 0.